The standard InChI is InChI=1S/C23H21N5O9/c1-10(29)18(28-27-13-7-11(22(33)36-3)5-6-12(13)23(34)37-4)19(30)26-16-8-14-15(9-17(16)35-2)25-21(32)20(31)24-14/h5-9,18H,1-4H3,(H,24,31)(H,25,32)(H,26,30)/b28-27+. The Morgan fingerprint density at radius 3 is 2.08 bits per heavy atom. The average molecular weight is 511 g/mol. The zero-order chi connectivity index (χ0) is 27.3. The number of H-pyrrole nitrogens is 2. The molecule has 3 aromatic rings. The van der Waals surface area contributed by atoms with Gasteiger partial charge in [0.2, 0.25) is 6.04 Å². The van der Waals surface area contributed by atoms with E-state index in [4.69, 9.17) is 9.47 Å². The third-order valence-electron chi connectivity index (χ3n) is 5.04. The number of benzene rings is 2. The fourth-order valence-electron chi connectivity index (χ4n) is 3.19. The van der Waals surface area contributed by atoms with Crippen molar-refractivity contribution in [2.75, 3.05) is 26.6 Å². The quantitative estimate of drug-likeness (QED) is 0.173. The maximum Gasteiger partial charge on any atom is 0.340 e. The van der Waals surface area contributed by atoms with E-state index in [0.717, 1.165) is 14.0 Å². The molecule has 1 heterocycles. The van der Waals surface area contributed by atoms with Gasteiger partial charge in [0.1, 0.15) is 11.4 Å². The number of fused-ring (bicyclic) bond motifs is 1. The molecule has 0 bridgehead atoms. The lowest BCUT2D eigenvalue weighted by molar-refractivity contribution is -0.126. The predicted molar refractivity (Wildman–Crippen MR) is 128 cm³/mol. The summed E-state index contributed by atoms with van der Waals surface area (Å²) >= 11 is 0. The topological polar surface area (TPSA) is 198 Å². The number of carbonyl (C=O) groups excluding carboxylic acids is 4. The van der Waals surface area contributed by atoms with Gasteiger partial charge < -0.3 is 29.5 Å². The van der Waals surface area contributed by atoms with E-state index >= 15 is 0 Å². The average Bonchev–Trinajstić information content (AvgIpc) is 2.88. The molecule has 192 valence electrons. The van der Waals surface area contributed by atoms with Crippen molar-refractivity contribution in [2.24, 2.45) is 10.2 Å². The lowest BCUT2D eigenvalue weighted by Gasteiger charge is -2.13. The molecule has 1 unspecified atom stereocenters. The largest absolute Gasteiger partial charge is 0.494 e. The molecular weight excluding hydrogens is 490 g/mol. The third-order valence-corrected chi connectivity index (χ3v) is 5.04. The maximum absolute atomic E-state index is 13.0. The lowest BCUT2D eigenvalue weighted by atomic mass is 10.1. The summed E-state index contributed by atoms with van der Waals surface area (Å²) in [7, 11) is 3.62. The summed E-state index contributed by atoms with van der Waals surface area (Å²) in [4.78, 5) is 77.2. The van der Waals surface area contributed by atoms with Gasteiger partial charge in [0.25, 0.3) is 5.91 Å². The van der Waals surface area contributed by atoms with Gasteiger partial charge in [-0.25, -0.2) is 9.59 Å². The molecule has 1 aromatic heterocycles. The first-order valence-electron chi connectivity index (χ1n) is 10.5. The van der Waals surface area contributed by atoms with E-state index in [-0.39, 0.29) is 39.3 Å². The zero-order valence-electron chi connectivity index (χ0n) is 20.0. The first-order chi connectivity index (χ1) is 17.6. The highest BCUT2D eigenvalue weighted by Gasteiger charge is 2.25. The molecule has 0 aliphatic heterocycles. The lowest BCUT2D eigenvalue weighted by Crippen LogP contribution is -2.32. The minimum absolute atomic E-state index is 0.0425. The van der Waals surface area contributed by atoms with Crippen molar-refractivity contribution in [1.29, 1.82) is 0 Å². The van der Waals surface area contributed by atoms with E-state index in [0.29, 0.717) is 0 Å². The minimum Gasteiger partial charge on any atom is -0.494 e. The molecule has 2 aromatic carbocycles. The van der Waals surface area contributed by atoms with E-state index < -0.39 is 40.8 Å². The van der Waals surface area contributed by atoms with Crippen molar-refractivity contribution < 1.29 is 33.4 Å². The van der Waals surface area contributed by atoms with E-state index in [1.54, 1.807) is 0 Å². The normalized spacial score (nSPS) is 11.7. The molecule has 14 heteroatoms. The van der Waals surface area contributed by atoms with Crippen LogP contribution < -0.4 is 21.2 Å². The van der Waals surface area contributed by atoms with Crippen molar-refractivity contribution in [1.82, 2.24) is 9.97 Å². The van der Waals surface area contributed by atoms with E-state index in [1.807, 2.05) is 0 Å². The summed E-state index contributed by atoms with van der Waals surface area (Å²) in [5.74, 6) is -2.99. The molecule has 14 nitrogen and oxygen atoms in total. The summed E-state index contributed by atoms with van der Waals surface area (Å²) in [6.07, 6.45) is 0. The fraction of sp³-hybridized carbons (Fsp3) is 0.217. The predicted octanol–water partition coefficient (Wildman–Crippen LogP) is 1.48. The highest BCUT2D eigenvalue weighted by Crippen LogP contribution is 2.29. The number of carbonyl (C=O) groups is 4. The van der Waals surface area contributed by atoms with Crippen LogP contribution in [-0.4, -0.2) is 61.0 Å². The first-order valence-corrected chi connectivity index (χ1v) is 10.5. The molecule has 1 atom stereocenters. The molecule has 0 saturated carbocycles. The van der Waals surface area contributed by atoms with E-state index in [2.05, 4.69) is 30.3 Å². The van der Waals surface area contributed by atoms with Gasteiger partial charge in [0.05, 0.1) is 49.2 Å². The van der Waals surface area contributed by atoms with Crippen LogP contribution in [0.2, 0.25) is 0 Å². The van der Waals surface area contributed by atoms with Gasteiger partial charge in [-0.3, -0.25) is 19.2 Å². The second-order valence-electron chi connectivity index (χ2n) is 7.44. The van der Waals surface area contributed by atoms with Crippen molar-refractivity contribution in [3.63, 3.8) is 0 Å². The highest BCUT2D eigenvalue weighted by atomic mass is 16.5. The molecule has 3 rings (SSSR count). The van der Waals surface area contributed by atoms with Gasteiger partial charge >= 0.3 is 23.1 Å². The number of ketones is 1. The molecule has 1 amide bonds. The molecule has 0 spiro atoms. The van der Waals surface area contributed by atoms with Crippen molar-refractivity contribution >= 4 is 46.0 Å². The Labute approximate surface area is 207 Å². The number of Topliss-reactive ketones (excluding diaryl/α,β-unsaturated/α-hetero) is 1. The number of azo groups is 1. The van der Waals surface area contributed by atoms with Gasteiger partial charge in [0, 0.05) is 6.07 Å². The summed E-state index contributed by atoms with van der Waals surface area (Å²) in [5, 5.41) is 10.1. The van der Waals surface area contributed by atoms with Gasteiger partial charge in [-0.05, 0) is 31.2 Å². The number of nitrogens with one attached hydrogen (secondary N) is 3. The van der Waals surface area contributed by atoms with Crippen LogP contribution >= 0.6 is 0 Å². The zero-order valence-corrected chi connectivity index (χ0v) is 20.0. The Kier molecular flexibility index (Phi) is 7.92. The van der Waals surface area contributed by atoms with Crippen molar-refractivity contribution in [3.05, 3.63) is 62.2 Å². The third kappa shape index (κ3) is 5.75. The highest BCUT2D eigenvalue weighted by molar-refractivity contribution is 6.11. The second kappa shape index (κ2) is 11.1. The van der Waals surface area contributed by atoms with Crippen molar-refractivity contribution in [2.45, 2.75) is 13.0 Å². The van der Waals surface area contributed by atoms with Crippen LogP contribution in [0, 0.1) is 0 Å². The molecule has 0 aliphatic carbocycles. The van der Waals surface area contributed by atoms with Gasteiger partial charge in [-0.1, -0.05) is 0 Å². The minimum atomic E-state index is -1.66. The number of aromatic amines is 2. The molecule has 0 saturated heterocycles. The number of anilines is 1. The molecular formula is C23H21N5O9. The molecule has 0 fully saturated rings. The summed E-state index contributed by atoms with van der Waals surface area (Å²) in [5.41, 5.74) is -1.46. The smallest absolute Gasteiger partial charge is 0.340 e. The van der Waals surface area contributed by atoms with Gasteiger partial charge in [-0.15, -0.1) is 0 Å². The number of aromatic nitrogens is 2. The molecule has 0 aliphatic rings. The van der Waals surface area contributed by atoms with Crippen LogP contribution in [0.1, 0.15) is 27.6 Å². The van der Waals surface area contributed by atoms with Gasteiger partial charge in [-0.2, -0.15) is 10.2 Å². The number of amides is 1. The summed E-state index contributed by atoms with van der Waals surface area (Å²) in [6.45, 7) is 1.11. The Morgan fingerprint density at radius 2 is 1.51 bits per heavy atom. The number of hydrogen-bond donors (Lipinski definition) is 3. The first kappa shape index (κ1) is 26.5. The number of nitrogens with zero attached hydrogens (tertiary/aromatic N) is 2. The maximum atomic E-state index is 13.0. The fourth-order valence-corrected chi connectivity index (χ4v) is 3.19. The van der Waals surface area contributed by atoms with Crippen LogP contribution in [0.3, 0.4) is 0 Å². The molecule has 3 N–H and O–H groups in total. The molecule has 0 radical (unpaired) electrons. The Morgan fingerprint density at radius 1 is 0.892 bits per heavy atom. The van der Waals surface area contributed by atoms with Crippen LogP contribution in [0.5, 0.6) is 5.75 Å². The van der Waals surface area contributed by atoms with Crippen LogP contribution in [-0.2, 0) is 19.1 Å². The van der Waals surface area contributed by atoms with Crippen LogP contribution in [0.25, 0.3) is 11.0 Å². The SMILES string of the molecule is COC(=O)c1ccc(C(=O)OC)c(/N=N/C(C(C)=O)C(=O)Nc2cc3[nH]c(=O)c(=O)[nH]c3cc2OC)c1. The summed E-state index contributed by atoms with van der Waals surface area (Å²) in [6, 6.07) is 4.80. The number of hydrogen-bond acceptors (Lipinski definition) is 11. The molecule has 37 heavy (non-hydrogen) atoms. The number of esters is 2. The Hall–Kier alpha value is -5.14. The monoisotopic (exact) mass is 511 g/mol. The number of methoxy groups -OCH3 is 3. The van der Waals surface area contributed by atoms with E-state index in [9.17, 15) is 28.8 Å². The van der Waals surface area contributed by atoms with Crippen LogP contribution in [0.4, 0.5) is 11.4 Å². The Bertz CT molecular complexity index is 1550. The van der Waals surface area contributed by atoms with Crippen LogP contribution in [0.15, 0.2) is 50.1 Å². The van der Waals surface area contributed by atoms with E-state index in [1.165, 1.54) is 44.6 Å². The number of ether oxygens (including phenoxy) is 3. The number of rotatable bonds is 8. The second-order valence-corrected chi connectivity index (χ2v) is 7.44. The summed E-state index contributed by atoms with van der Waals surface area (Å²) < 4.78 is 14.6. The van der Waals surface area contributed by atoms with Crippen molar-refractivity contribution in [3.8, 4) is 5.75 Å². The Balaban J connectivity index is 1.99. The van der Waals surface area contributed by atoms with Gasteiger partial charge in [0.15, 0.2) is 5.78 Å².